The van der Waals surface area contributed by atoms with Crippen molar-refractivity contribution in [1.82, 2.24) is 4.57 Å². The third kappa shape index (κ3) is 9.45. The zero-order valence-corrected chi connectivity index (χ0v) is 23.4. The SMILES string of the molecule is C=Cc1ccc2c(c1)c1ccccc1n2CCCCCCCCCCCCCCCCCCCCC. The number of aryl methyl sites for hydroxylation is 1. The maximum absolute atomic E-state index is 3.95. The van der Waals surface area contributed by atoms with Crippen LogP contribution in [0.15, 0.2) is 49.0 Å². The molecule has 1 nitrogen and oxygen atoms in total. The van der Waals surface area contributed by atoms with Gasteiger partial charge in [0.25, 0.3) is 0 Å². The molecule has 0 aliphatic rings. The molecule has 0 aliphatic carbocycles. The van der Waals surface area contributed by atoms with E-state index in [2.05, 4.69) is 60.5 Å². The van der Waals surface area contributed by atoms with Crippen LogP contribution in [-0.2, 0) is 6.54 Å². The smallest absolute Gasteiger partial charge is 0.0491 e. The molecule has 1 heteroatoms. The lowest BCUT2D eigenvalue weighted by molar-refractivity contribution is 0.519. The minimum Gasteiger partial charge on any atom is -0.340 e. The van der Waals surface area contributed by atoms with Gasteiger partial charge >= 0.3 is 0 Å². The van der Waals surface area contributed by atoms with E-state index in [0.29, 0.717) is 0 Å². The highest BCUT2D eigenvalue weighted by atomic mass is 15.0. The average Bonchev–Trinajstić information content (AvgIpc) is 3.22. The molecule has 3 aromatic rings. The molecule has 0 radical (unpaired) electrons. The number of aromatic nitrogens is 1. The van der Waals surface area contributed by atoms with Crippen molar-refractivity contribution < 1.29 is 0 Å². The number of fused-ring (bicyclic) bond motifs is 3. The Kier molecular flexibility index (Phi) is 13.8. The molecule has 0 saturated heterocycles. The summed E-state index contributed by atoms with van der Waals surface area (Å²) in [6.45, 7) is 7.37. The van der Waals surface area contributed by atoms with Crippen LogP contribution in [0.3, 0.4) is 0 Å². The molecule has 0 aliphatic heterocycles. The molecule has 2 aromatic carbocycles. The number of hydrogen-bond acceptors (Lipinski definition) is 0. The topological polar surface area (TPSA) is 4.93 Å². The first-order valence-corrected chi connectivity index (χ1v) is 15.5. The van der Waals surface area contributed by atoms with Gasteiger partial charge in [0.05, 0.1) is 0 Å². The quantitative estimate of drug-likeness (QED) is 0.132. The summed E-state index contributed by atoms with van der Waals surface area (Å²) in [6, 6.07) is 15.6. The summed E-state index contributed by atoms with van der Waals surface area (Å²) in [4.78, 5) is 0. The maximum atomic E-state index is 3.95. The molecule has 0 N–H and O–H groups in total. The van der Waals surface area contributed by atoms with E-state index in [1.807, 2.05) is 6.08 Å². The van der Waals surface area contributed by atoms with Gasteiger partial charge in [0.2, 0.25) is 0 Å². The van der Waals surface area contributed by atoms with E-state index in [4.69, 9.17) is 0 Å². The molecule has 0 spiro atoms. The van der Waals surface area contributed by atoms with Crippen LogP contribution in [0.1, 0.15) is 134 Å². The fraction of sp³-hybridized carbons (Fsp3) is 0.600. The van der Waals surface area contributed by atoms with Gasteiger partial charge in [-0.25, -0.2) is 0 Å². The van der Waals surface area contributed by atoms with Gasteiger partial charge in [0.1, 0.15) is 0 Å². The summed E-state index contributed by atoms with van der Waals surface area (Å²) < 4.78 is 2.53. The highest BCUT2D eigenvalue weighted by Gasteiger charge is 2.10. The van der Waals surface area contributed by atoms with Gasteiger partial charge in [0.15, 0.2) is 0 Å². The summed E-state index contributed by atoms with van der Waals surface area (Å²) in [5, 5.41) is 2.73. The first kappa shape index (κ1) is 28.5. The first-order chi connectivity index (χ1) is 17.8. The second-order valence-electron chi connectivity index (χ2n) is 11.0. The maximum Gasteiger partial charge on any atom is 0.0491 e. The van der Waals surface area contributed by atoms with Crippen LogP contribution in [0.2, 0.25) is 0 Å². The van der Waals surface area contributed by atoms with E-state index in [-0.39, 0.29) is 0 Å². The minimum atomic E-state index is 1.12. The van der Waals surface area contributed by atoms with E-state index in [0.717, 1.165) is 6.54 Å². The number of hydrogen-bond donors (Lipinski definition) is 0. The first-order valence-electron chi connectivity index (χ1n) is 15.5. The molecular formula is C35H53N. The van der Waals surface area contributed by atoms with E-state index < -0.39 is 0 Å². The third-order valence-corrected chi connectivity index (χ3v) is 8.02. The summed E-state index contributed by atoms with van der Waals surface area (Å²) >= 11 is 0. The zero-order chi connectivity index (χ0) is 25.3. The van der Waals surface area contributed by atoms with Gasteiger partial charge in [-0.2, -0.15) is 0 Å². The van der Waals surface area contributed by atoms with Gasteiger partial charge in [-0.3, -0.25) is 0 Å². The molecule has 0 atom stereocenters. The Labute approximate surface area is 222 Å². The number of unbranched alkanes of at least 4 members (excludes halogenated alkanes) is 18. The molecule has 0 unspecified atom stereocenters. The van der Waals surface area contributed by atoms with Gasteiger partial charge in [-0.1, -0.05) is 159 Å². The van der Waals surface area contributed by atoms with Crippen molar-refractivity contribution in [3.05, 3.63) is 54.6 Å². The fourth-order valence-corrected chi connectivity index (χ4v) is 5.79. The molecule has 1 aromatic heterocycles. The lowest BCUT2D eigenvalue weighted by Crippen LogP contribution is -1.97. The Morgan fingerprint density at radius 2 is 1.03 bits per heavy atom. The van der Waals surface area contributed by atoms with Crippen LogP contribution in [0.25, 0.3) is 27.9 Å². The van der Waals surface area contributed by atoms with Crippen LogP contribution >= 0.6 is 0 Å². The lowest BCUT2D eigenvalue weighted by Gasteiger charge is -2.08. The predicted octanol–water partition coefficient (Wildman–Crippen LogP) is 11.9. The van der Waals surface area contributed by atoms with E-state index >= 15 is 0 Å². The zero-order valence-electron chi connectivity index (χ0n) is 23.4. The molecule has 3 rings (SSSR count). The summed E-state index contributed by atoms with van der Waals surface area (Å²) in [5.74, 6) is 0. The average molecular weight is 488 g/mol. The molecule has 0 fully saturated rings. The van der Waals surface area contributed by atoms with E-state index in [1.54, 1.807) is 0 Å². The monoisotopic (exact) mass is 487 g/mol. The second-order valence-corrected chi connectivity index (χ2v) is 11.0. The molecule has 1 heterocycles. The van der Waals surface area contributed by atoms with Crippen molar-refractivity contribution in [3.8, 4) is 0 Å². The lowest BCUT2D eigenvalue weighted by atomic mass is 10.0. The van der Waals surface area contributed by atoms with Gasteiger partial charge < -0.3 is 4.57 Å². The van der Waals surface area contributed by atoms with Crippen molar-refractivity contribution in [2.24, 2.45) is 0 Å². The summed E-state index contributed by atoms with van der Waals surface area (Å²) in [7, 11) is 0. The fourth-order valence-electron chi connectivity index (χ4n) is 5.79. The molecule has 0 saturated carbocycles. The largest absolute Gasteiger partial charge is 0.340 e. The number of benzene rings is 2. The van der Waals surface area contributed by atoms with Gasteiger partial charge in [-0.15, -0.1) is 0 Å². The van der Waals surface area contributed by atoms with Crippen LogP contribution in [0, 0.1) is 0 Å². The normalized spacial score (nSPS) is 11.6. The Morgan fingerprint density at radius 3 is 1.56 bits per heavy atom. The number of nitrogens with zero attached hydrogens (tertiary/aromatic N) is 1. The van der Waals surface area contributed by atoms with Crippen LogP contribution in [0.4, 0.5) is 0 Å². The molecular weight excluding hydrogens is 434 g/mol. The molecule has 198 valence electrons. The predicted molar refractivity (Wildman–Crippen MR) is 163 cm³/mol. The Bertz CT molecular complexity index is 994. The van der Waals surface area contributed by atoms with Crippen molar-refractivity contribution in [3.63, 3.8) is 0 Å². The Morgan fingerprint density at radius 1 is 0.556 bits per heavy atom. The van der Waals surface area contributed by atoms with Gasteiger partial charge in [0, 0.05) is 28.4 Å². The standard InChI is InChI=1S/C35H53N/c1-3-5-6-7-8-9-10-11-12-13-14-15-16-17-18-19-20-21-24-29-36-34-26-23-22-25-32(34)33-30-31(4-2)27-28-35(33)36/h4,22-23,25-28,30H,2-3,5-21,24,29H2,1H3. The molecule has 36 heavy (non-hydrogen) atoms. The van der Waals surface area contributed by atoms with E-state index in [1.165, 1.54) is 149 Å². The summed E-state index contributed by atoms with van der Waals surface area (Å²) in [6.07, 6.45) is 29.1. The van der Waals surface area contributed by atoms with Crippen molar-refractivity contribution in [1.29, 1.82) is 0 Å². The van der Waals surface area contributed by atoms with Crippen molar-refractivity contribution in [2.45, 2.75) is 135 Å². The number of para-hydroxylation sites is 1. The number of rotatable bonds is 21. The van der Waals surface area contributed by atoms with Gasteiger partial charge in [-0.05, 0) is 30.2 Å². The molecule has 0 bridgehead atoms. The third-order valence-electron chi connectivity index (χ3n) is 8.02. The van der Waals surface area contributed by atoms with Crippen LogP contribution < -0.4 is 0 Å². The van der Waals surface area contributed by atoms with Crippen LogP contribution in [0.5, 0.6) is 0 Å². The van der Waals surface area contributed by atoms with Crippen molar-refractivity contribution >= 4 is 27.9 Å². The van der Waals surface area contributed by atoms with Crippen molar-refractivity contribution in [2.75, 3.05) is 0 Å². The minimum absolute atomic E-state index is 1.12. The second kappa shape index (κ2) is 17.4. The summed E-state index contributed by atoms with van der Waals surface area (Å²) in [5.41, 5.74) is 3.94. The highest BCUT2D eigenvalue weighted by molar-refractivity contribution is 6.08. The Balaban J connectivity index is 1.19. The van der Waals surface area contributed by atoms with E-state index in [9.17, 15) is 0 Å². The van der Waals surface area contributed by atoms with Crippen LogP contribution in [-0.4, -0.2) is 4.57 Å². The Hall–Kier alpha value is -2.02. The molecule has 0 amide bonds. The highest BCUT2D eigenvalue weighted by Crippen LogP contribution is 2.30.